The first-order valence-electron chi connectivity index (χ1n) is 10.6. The highest BCUT2D eigenvalue weighted by molar-refractivity contribution is 5.76. The molecule has 0 radical (unpaired) electrons. The largest absolute Gasteiger partial charge is 0.390 e. The van der Waals surface area contributed by atoms with E-state index in [-0.39, 0.29) is 5.91 Å². The van der Waals surface area contributed by atoms with Gasteiger partial charge in [-0.2, -0.15) is 0 Å². The monoisotopic (exact) mass is 381 g/mol. The zero-order chi connectivity index (χ0) is 20.2. The van der Waals surface area contributed by atoms with Crippen molar-refractivity contribution in [3.05, 3.63) is 71.8 Å². The van der Waals surface area contributed by atoms with Gasteiger partial charge in [-0.05, 0) is 30.9 Å². The lowest BCUT2D eigenvalue weighted by molar-refractivity contribution is -0.133. The van der Waals surface area contributed by atoms with Crippen LogP contribution in [-0.2, 0) is 17.9 Å². The molecule has 0 bridgehead atoms. The van der Waals surface area contributed by atoms with E-state index in [0.29, 0.717) is 25.9 Å². The summed E-state index contributed by atoms with van der Waals surface area (Å²) in [6.07, 6.45) is 6.21. The highest BCUT2D eigenvalue weighted by Gasteiger charge is 2.23. The first-order valence-corrected chi connectivity index (χ1v) is 10.6. The molecular formula is C25H35NO2. The van der Waals surface area contributed by atoms with Gasteiger partial charge in [-0.15, -0.1) is 0 Å². The van der Waals surface area contributed by atoms with Crippen LogP contribution in [0.3, 0.4) is 0 Å². The standard InChI is InChI=1S/C25H35NO2/c1-3-4-5-12-18-25(2,28)19-17-24(27)26(20-22-13-8-6-9-14-22)21-23-15-10-7-11-16-23/h6-11,13-16,28H,3-5,12,17-21H2,1-2H3. The molecule has 2 rings (SSSR count). The van der Waals surface area contributed by atoms with Crippen molar-refractivity contribution in [1.82, 2.24) is 4.90 Å². The Morgan fingerprint density at radius 2 is 1.39 bits per heavy atom. The highest BCUT2D eigenvalue weighted by atomic mass is 16.3. The maximum absolute atomic E-state index is 13.0. The van der Waals surface area contributed by atoms with Crippen LogP contribution in [0.4, 0.5) is 0 Å². The Morgan fingerprint density at radius 3 is 1.89 bits per heavy atom. The summed E-state index contributed by atoms with van der Waals surface area (Å²) in [5, 5.41) is 10.7. The summed E-state index contributed by atoms with van der Waals surface area (Å²) in [6.45, 7) is 5.23. The van der Waals surface area contributed by atoms with Gasteiger partial charge in [-0.25, -0.2) is 0 Å². The lowest BCUT2D eigenvalue weighted by Gasteiger charge is -2.27. The van der Waals surface area contributed by atoms with Crippen molar-refractivity contribution >= 4 is 5.91 Å². The van der Waals surface area contributed by atoms with Gasteiger partial charge in [0, 0.05) is 19.5 Å². The molecule has 0 aliphatic heterocycles. The Hall–Kier alpha value is -2.13. The Balaban J connectivity index is 1.96. The zero-order valence-corrected chi connectivity index (χ0v) is 17.4. The minimum Gasteiger partial charge on any atom is -0.390 e. The molecule has 1 amide bonds. The minimum atomic E-state index is -0.769. The summed E-state index contributed by atoms with van der Waals surface area (Å²) in [5.41, 5.74) is 1.48. The van der Waals surface area contributed by atoms with Crippen molar-refractivity contribution in [2.45, 2.75) is 77.5 Å². The number of amides is 1. The van der Waals surface area contributed by atoms with Crippen LogP contribution in [0.1, 0.15) is 69.9 Å². The topological polar surface area (TPSA) is 40.5 Å². The molecule has 28 heavy (non-hydrogen) atoms. The number of benzene rings is 2. The van der Waals surface area contributed by atoms with Crippen LogP contribution in [0.15, 0.2) is 60.7 Å². The summed E-state index contributed by atoms with van der Waals surface area (Å²) < 4.78 is 0. The third kappa shape index (κ3) is 8.26. The predicted molar refractivity (Wildman–Crippen MR) is 116 cm³/mol. The van der Waals surface area contributed by atoms with Gasteiger partial charge in [-0.1, -0.05) is 93.3 Å². The van der Waals surface area contributed by atoms with Crippen molar-refractivity contribution in [3.63, 3.8) is 0 Å². The fourth-order valence-electron chi connectivity index (χ4n) is 3.43. The van der Waals surface area contributed by atoms with Crippen LogP contribution in [0.5, 0.6) is 0 Å². The first kappa shape index (κ1) is 22.2. The van der Waals surface area contributed by atoms with Crippen LogP contribution in [-0.4, -0.2) is 21.5 Å². The van der Waals surface area contributed by atoms with Gasteiger partial charge in [0.25, 0.3) is 0 Å². The van der Waals surface area contributed by atoms with Gasteiger partial charge in [0.2, 0.25) is 5.91 Å². The fraction of sp³-hybridized carbons (Fsp3) is 0.480. The zero-order valence-electron chi connectivity index (χ0n) is 17.4. The van der Waals surface area contributed by atoms with Crippen molar-refractivity contribution in [2.75, 3.05) is 0 Å². The number of aliphatic hydroxyl groups is 1. The van der Waals surface area contributed by atoms with E-state index in [1.54, 1.807) is 0 Å². The van der Waals surface area contributed by atoms with Crippen molar-refractivity contribution in [1.29, 1.82) is 0 Å². The number of unbranched alkanes of at least 4 members (excludes halogenated alkanes) is 3. The second-order valence-electron chi connectivity index (χ2n) is 8.03. The van der Waals surface area contributed by atoms with Crippen LogP contribution in [0.25, 0.3) is 0 Å². The second kappa shape index (κ2) is 11.7. The van der Waals surface area contributed by atoms with E-state index in [0.717, 1.165) is 30.4 Å². The summed E-state index contributed by atoms with van der Waals surface area (Å²) >= 11 is 0. The number of hydrogen-bond acceptors (Lipinski definition) is 2. The molecule has 3 nitrogen and oxygen atoms in total. The quantitative estimate of drug-likeness (QED) is 0.478. The Labute approximate surface area is 170 Å². The van der Waals surface area contributed by atoms with Crippen molar-refractivity contribution < 1.29 is 9.90 Å². The maximum atomic E-state index is 13.0. The molecule has 0 aromatic heterocycles. The third-order valence-corrected chi connectivity index (χ3v) is 5.23. The second-order valence-corrected chi connectivity index (χ2v) is 8.03. The number of rotatable bonds is 12. The smallest absolute Gasteiger partial charge is 0.223 e. The Morgan fingerprint density at radius 1 is 0.857 bits per heavy atom. The number of nitrogens with zero attached hydrogens (tertiary/aromatic N) is 1. The van der Waals surface area contributed by atoms with Gasteiger partial charge in [0.15, 0.2) is 0 Å². The summed E-state index contributed by atoms with van der Waals surface area (Å²) in [7, 11) is 0. The van der Waals surface area contributed by atoms with Gasteiger partial charge in [-0.3, -0.25) is 4.79 Å². The van der Waals surface area contributed by atoms with Gasteiger partial charge in [0.1, 0.15) is 0 Å². The maximum Gasteiger partial charge on any atom is 0.223 e. The number of hydrogen-bond donors (Lipinski definition) is 1. The van der Waals surface area contributed by atoms with E-state index in [1.165, 1.54) is 12.8 Å². The molecule has 0 spiro atoms. The first-order chi connectivity index (χ1) is 13.5. The van der Waals surface area contributed by atoms with Crippen LogP contribution >= 0.6 is 0 Å². The summed E-state index contributed by atoms with van der Waals surface area (Å²) in [4.78, 5) is 14.9. The molecular weight excluding hydrogens is 346 g/mol. The average Bonchev–Trinajstić information content (AvgIpc) is 2.71. The molecule has 1 unspecified atom stereocenters. The van der Waals surface area contributed by atoms with Crippen LogP contribution in [0, 0.1) is 0 Å². The highest BCUT2D eigenvalue weighted by Crippen LogP contribution is 2.22. The van der Waals surface area contributed by atoms with Crippen LogP contribution < -0.4 is 0 Å². The lowest BCUT2D eigenvalue weighted by Crippen LogP contribution is -2.33. The van der Waals surface area contributed by atoms with E-state index in [2.05, 4.69) is 31.2 Å². The van der Waals surface area contributed by atoms with Gasteiger partial charge >= 0.3 is 0 Å². The Kier molecular flexibility index (Phi) is 9.22. The molecule has 0 saturated carbocycles. The molecule has 0 aliphatic carbocycles. The molecule has 0 aliphatic rings. The SMILES string of the molecule is CCCCCCC(C)(O)CCC(=O)N(Cc1ccccc1)Cc1ccccc1. The third-order valence-electron chi connectivity index (χ3n) is 5.23. The Bertz CT molecular complexity index is 641. The van der Waals surface area contributed by atoms with E-state index in [9.17, 15) is 9.90 Å². The number of carbonyl (C=O) groups is 1. The van der Waals surface area contributed by atoms with Crippen molar-refractivity contribution in [3.8, 4) is 0 Å². The van der Waals surface area contributed by atoms with Crippen LogP contribution in [0.2, 0.25) is 0 Å². The molecule has 2 aromatic rings. The minimum absolute atomic E-state index is 0.0986. The molecule has 1 atom stereocenters. The average molecular weight is 382 g/mol. The molecule has 2 aromatic carbocycles. The van der Waals surface area contributed by atoms with Crippen molar-refractivity contribution in [2.24, 2.45) is 0 Å². The normalized spacial score (nSPS) is 13.1. The van der Waals surface area contributed by atoms with E-state index in [4.69, 9.17) is 0 Å². The molecule has 0 saturated heterocycles. The molecule has 1 N–H and O–H groups in total. The fourth-order valence-corrected chi connectivity index (χ4v) is 3.43. The lowest BCUT2D eigenvalue weighted by atomic mass is 9.92. The predicted octanol–water partition coefficient (Wildman–Crippen LogP) is 5.72. The van der Waals surface area contributed by atoms with E-state index >= 15 is 0 Å². The molecule has 0 heterocycles. The summed E-state index contributed by atoms with van der Waals surface area (Å²) in [5.74, 6) is 0.0986. The van der Waals surface area contributed by atoms with Gasteiger partial charge in [0.05, 0.1) is 5.60 Å². The number of carbonyl (C=O) groups excluding carboxylic acids is 1. The van der Waals surface area contributed by atoms with Gasteiger partial charge < -0.3 is 10.0 Å². The van der Waals surface area contributed by atoms with E-state index in [1.807, 2.05) is 48.2 Å². The molecule has 3 heteroatoms. The molecule has 152 valence electrons. The van der Waals surface area contributed by atoms with E-state index < -0.39 is 5.60 Å². The summed E-state index contributed by atoms with van der Waals surface area (Å²) in [6, 6.07) is 20.2. The molecule has 0 fully saturated rings.